The van der Waals surface area contributed by atoms with Gasteiger partial charge in [-0.15, -0.1) is 0 Å². The van der Waals surface area contributed by atoms with Crippen LogP contribution in [0.5, 0.6) is 0 Å². The molecule has 1 aliphatic heterocycles. The van der Waals surface area contributed by atoms with Gasteiger partial charge < -0.3 is 24.2 Å². The van der Waals surface area contributed by atoms with Crippen LogP contribution in [0, 0.1) is 0 Å². The first kappa shape index (κ1) is 34.6. The number of ether oxygens (including phenoxy) is 1. The molecule has 0 spiro atoms. The van der Waals surface area contributed by atoms with Gasteiger partial charge in [0.15, 0.2) is 0 Å². The van der Waals surface area contributed by atoms with Crippen LogP contribution in [-0.4, -0.2) is 75.1 Å². The van der Waals surface area contributed by atoms with Crippen LogP contribution in [0.25, 0.3) is 11.4 Å². The lowest BCUT2D eigenvalue weighted by Crippen LogP contribution is -2.46. The molecule has 252 valence electrons. The lowest BCUT2D eigenvalue weighted by atomic mass is 9.92. The highest BCUT2D eigenvalue weighted by atomic mass is 16.5. The second kappa shape index (κ2) is 16.4. The van der Waals surface area contributed by atoms with E-state index in [0.717, 1.165) is 42.4 Å². The Hall–Kier alpha value is -4.76. The number of aliphatic hydroxyl groups excluding tert-OH is 1. The summed E-state index contributed by atoms with van der Waals surface area (Å²) in [6.45, 7) is 6.15. The Balaban J connectivity index is 1.61. The number of aryl methyl sites for hydroxylation is 2. The topological polar surface area (TPSA) is 105 Å². The zero-order valence-corrected chi connectivity index (χ0v) is 28.2. The molecule has 0 bridgehead atoms. The van der Waals surface area contributed by atoms with Crippen LogP contribution in [0.4, 0.5) is 0 Å². The van der Waals surface area contributed by atoms with Crippen LogP contribution in [0.3, 0.4) is 0 Å². The maximum Gasteiger partial charge on any atom is 0.337 e. The summed E-state index contributed by atoms with van der Waals surface area (Å²) >= 11 is 0. The van der Waals surface area contributed by atoms with E-state index in [0.29, 0.717) is 56.1 Å². The Morgan fingerprint density at radius 2 is 1.62 bits per heavy atom. The molecule has 4 aromatic rings. The predicted molar refractivity (Wildman–Crippen MR) is 186 cm³/mol. The smallest absolute Gasteiger partial charge is 0.337 e. The van der Waals surface area contributed by atoms with Gasteiger partial charge in [0.2, 0.25) is 0 Å². The zero-order chi connectivity index (χ0) is 34.0. The quantitative estimate of drug-likeness (QED) is 0.164. The monoisotopic (exact) mass is 650 g/mol. The average molecular weight is 651 g/mol. The van der Waals surface area contributed by atoms with E-state index in [9.17, 15) is 19.5 Å². The van der Waals surface area contributed by atoms with Gasteiger partial charge >= 0.3 is 5.97 Å². The van der Waals surface area contributed by atoms with Crippen molar-refractivity contribution >= 4 is 17.8 Å². The third kappa shape index (κ3) is 7.85. The standard InChI is InChI=1S/C39H46N4O5/c1-4-6-20-41(21-7-5-2)38(46)35-26-42(22-19-28-13-9-8-10-14-28)36(40-35)33-18-17-30(39(47)48-3)24-34(33)37(45)43-25-31-16-12-11-15-29(31)23-32(43)27-44/h8-18,24,26,32,44H,4-7,19-23,25,27H2,1-3H3. The summed E-state index contributed by atoms with van der Waals surface area (Å²) in [4.78, 5) is 49.7. The first-order valence-electron chi connectivity index (χ1n) is 17.0. The van der Waals surface area contributed by atoms with E-state index in [1.807, 2.05) is 51.9 Å². The number of fused-ring (bicyclic) bond motifs is 1. The van der Waals surface area contributed by atoms with Crippen molar-refractivity contribution in [3.8, 4) is 11.4 Å². The average Bonchev–Trinajstić information content (AvgIpc) is 3.56. The molecule has 9 nitrogen and oxygen atoms in total. The Labute approximate surface area is 283 Å². The Morgan fingerprint density at radius 1 is 0.938 bits per heavy atom. The minimum atomic E-state index is -0.566. The molecule has 9 heteroatoms. The number of imidazole rings is 1. The second-order valence-electron chi connectivity index (χ2n) is 12.4. The fourth-order valence-electron chi connectivity index (χ4n) is 6.28. The number of carbonyl (C=O) groups excluding carboxylic acids is 3. The van der Waals surface area contributed by atoms with Crippen LogP contribution >= 0.6 is 0 Å². The lowest BCUT2D eigenvalue weighted by molar-refractivity contribution is 0.0544. The number of hydrogen-bond acceptors (Lipinski definition) is 6. The zero-order valence-electron chi connectivity index (χ0n) is 28.2. The molecule has 1 aromatic heterocycles. The van der Waals surface area contributed by atoms with Gasteiger partial charge in [0.1, 0.15) is 11.5 Å². The number of aliphatic hydroxyl groups is 1. The number of methoxy groups -OCH3 is 1. The summed E-state index contributed by atoms with van der Waals surface area (Å²) < 4.78 is 6.96. The van der Waals surface area contributed by atoms with Crippen molar-refractivity contribution in [2.75, 3.05) is 26.8 Å². The van der Waals surface area contributed by atoms with Gasteiger partial charge in [-0.25, -0.2) is 9.78 Å². The van der Waals surface area contributed by atoms with Gasteiger partial charge in [0, 0.05) is 37.9 Å². The number of aromatic nitrogens is 2. The predicted octanol–water partition coefficient (Wildman–Crippen LogP) is 6.18. The molecule has 2 heterocycles. The molecular formula is C39H46N4O5. The molecule has 1 N–H and O–H groups in total. The number of hydrogen-bond donors (Lipinski definition) is 1. The molecule has 0 saturated heterocycles. The number of esters is 1. The summed E-state index contributed by atoms with van der Waals surface area (Å²) in [6, 6.07) is 22.4. The van der Waals surface area contributed by atoms with Crippen molar-refractivity contribution in [3.63, 3.8) is 0 Å². The van der Waals surface area contributed by atoms with Crippen LogP contribution in [0.15, 0.2) is 79.0 Å². The number of amides is 2. The van der Waals surface area contributed by atoms with Gasteiger partial charge in [-0.2, -0.15) is 0 Å². The summed E-state index contributed by atoms with van der Waals surface area (Å²) in [7, 11) is 1.30. The van der Waals surface area contributed by atoms with E-state index in [1.165, 1.54) is 7.11 Å². The van der Waals surface area contributed by atoms with Crippen molar-refractivity contribution in [1.29, 1.82) is 0 Å². The van der Waals surface area contributed by atoms with Crippen molar-refractivity contribution in [3.05, 3.63) is 113 Å². The van der Waals surface area contributed by atoms with Crippen LogP contribution < -0.4 is 0 Å². The van der Waals surface area contributed by atoms with E-state index < -0.39 is 12.0 Å². The van der Waals surface area contributed by atoms with Gasteiger partial charge in [-0.05, 0) is 60.6 Å². The SMILES string of the molecule is CCCCN(CCCC)C(=O)c1cn(CCc2ccccc2)c(-c2ccc(C(=O)OC)cc2C(=O)N2Cc3ccccc3CC2CO)n1. The van der Waals surface area contributed by atoms with Gasteiger partial charge in [0.25, 0.3) is 11.8 Å². The maximum atomic E-state index is 14.6. The summed E-state index contributed by atoms with van der Waals surface area (Å²) in [5, 5.41) is 10.4. The second-order valence-corrected chi connectivity index (χ2v) is 12.4. The van der Waals surface area contributed by atoms with Gasteiger partial charge in [-0.1, -0.05) is 81.3 Å². The Bertz CT molecular complexity index is 1710. The first-order chi connectivity index (χ1) is 23.4. The molecule has 1 aliphatic rings. The molecule has 3 aromatic carbocycles. The molecule has 0 fully saturated rings. The lowest BCUT2D eigenvalue weighted by Gasteiger charge is -2.36. The fourth-order valence-corrected chi connectivity index (χ4v) is 6.28. The number of rotatable bonds is 14. The van der Waals surface area contributed by atoms with Crippen molar-refractivity contribution in [1.82, 2.24) is 19.4 Å². The molecule has 1 atom stereocenters. The third-order valence-electron chi connectivity index (χ3n) is 9.07. The van der Waals surface area contributed by atoms with Gasteiger partial charge in [-0.3, -0.25) is 9.59 Å². The van der Waals surface area contributed by atoms with Crippen LogP contribution in [0.2, 0.25) is 0 Å². The molecule has 0 saturated carbocycles. The highest BCUT2D eigenvalue weighted by molar-refractivity contribution is 6.03. The van der Waals surface area contributed by atoms with E-state index in [4.69, 9.17) is 9.72 Å². The third-order valence-corrected chi connectivity index (χ3v) is 9.07. The van der Waals surface area contributed by atoms with E-state index in [2.05, 4.69) is 26.0 Å². The molecule has 48 heavy (non-hydrogen) atoms. The summed E-state index contributed by atoms with van der Waals surface area (Å²) in [5.41, 5.74) is 4.55. The highest BCUT2D eigenvalue weighted by Crippen LogP contribution is 2.31. The Morgan fingerprint density at radius 3 is 2.29 bits per heavy atom. The van der Waals surface area contributed by atoms with Crippen molar-refractivity contribution in [2.45, 2.75) is 71.5 Å². The number of unbranched alkanes of at least 4 members (excludes halogenated alkanes) is 2. The molecule has 1 unspecified atom stereocenters. The van der Waals surface area contributed by atoms with E-state index in [-0.39, 0.29) is 29.5 Å². The minimum absolute atomic E-state index is 0.136. The summed E-state index contributed by atoms with van der Waals surface area (Å²) in [5.74, 6) is -0.562. The van der Waals surface area contributed by atoms with E-state index in [1.54, 1.807) is 29.3 Å². The highest BCUT2D eigenvalue weighted by Gasteiger charge is 2.33. The number of benzene rings is 3. The fraction of sp³-hybridized carbons (Fsp3) is 0.385. The minimum Gasteiger partial charge on any atom is -0.465 e. The number of carbonyl (C=O) groups is 3. The Kier molecular flexibility index (Phi) is 11.8. The maximum absolute atomic E-state index is 14.6. The molecule has 0 radical (unpaired) electrons. The van der Waals surface area contributed by atoms with Crippen LogP contribution in [-0.2, 0) is 30.7 Å². The first-order valence-corrected chi connectivity index (χ1v) is 17.0. The molecule has 2 amide bonds. The number of nitrogens with zero attached hydrogens (tertiary/aromatic N) is 4. The summed E-state index contributed by atoms with van der Waals surface area (Å²) in [6.07, 6.45) is 6.74. The van der Waals surface area contributed by atoms with Gasteiger partial charge in [0.05, 0.1) is 30.9 Å². The van der Waals surface area contributed by atoms with Crippen LogP contribution in [0.1, 0.15) is 87.4 Å². The largest absolute Gasteiger partial charge is 0.465 e. The van der Waals surface area contributed by atoms with Crippen molar-refractivity contribution in [2.24, 2.45) is 0 Å². The molecule has 5 rings (SSSR count). The normalized spacial score (nSPS) is 14.0. The van der Waals surface area contributed by atoms with Crippen molar-refractivity contribution < 1.29 is 24.2 Å². The molecular weight excluding hydrogens is 604 g/mol. The molecule has 0 aliphatic carbocycles. The van der Waals surface area contributed by atoms with E-state index >= 15 is 0 Å².